The van der Waals surface area contributed by atoms with Gasteiger partial charge in [-0.15, -0.1) is 0 Å². The van der Waals surface area contributed by atoms with Gasteiger partial charge in [-0.05, 0) is 50.2 Å². The lowest BCUT2D eigenvalue weighted by molar-refractivity contribution is -0.120. The summed E-state index contributed by atoms with van der Waals surface area (Å²) in [5.74, 6) is -0.164. The Bertz CT molecular complexity index is 836. The van der Waals surface area contributed by atoms with Crippen LogP contribution in [0, 0.1) is 0 Å². The van der Waals surface area contributed by atoms with Crippen molar-refractivity contribution in [2.75, 3.05) is 24.3 Å². The van der Waals surface area contributed by atoms with E-state index in [1.807, 2.05) is 6.07 Å². The number of benzene rings is 2. The monoisotopic (exact) mass is 384 g/mol. The molecule has 0 aliphatic heterocycles. The topological polar surface area (TPSA) is 109 Å². The van der Waals surface area contributed by atoms with Crippen molar-refractivity contribution in [2.24, 2.45) is 0 Å². The molecule has 0 saturated carbocycles. The molecule has 4 amide bonds. The smallest absolute Gasteiger partial charge is 0.321 e. The van der Waals surface area contributed by atoms with E-state index in [1.54, 1.807) is 56.3 Å². The number of anilines is 2. The molecule has 0 aliphatic rings. The zero-order chi connectivity index (χ0) is 20.5. The van der Waals surface area contributed by atoms with Crippen molar-refractivity contribution in [1.29, 1.82) is 0 Å². The van der Waals surface area contributed by atoms with Crippen molar-refractivity contribution in [3.05, 3.63) is 54.1 Å². The van der Waals surface area contributed by atoms with Crippen LogP contribution in [0.1, 0.15) is 24.2 Å². The van der Waals surface area contributed by atoms with E-state index in [0.29, 0.717) is 29.2 Å². The van der Waals surface area contributed by atoms with Gasteiger partial charge in [0.1, 0.15) is 11.8 Å². The van der Waals surface area contributed by atoms with Crippen LogP contribution in [0.2, 0.25) is 0 Å². The van der Waals surface area contributed by atoms with Crippen molar-refractivity contribution in [3.8, 4) is 5.75 Å². The van der Waals surface area contributed by atoms with Gasteiger partial charge in [0.05, 0.1) is 12.8 Å². The Kier molecular flexibility index (Phi) is 7.38. The number of para-hydroxylation sites is 2. The van der Waals surface area contributed by atoms with Crippen LogP contribution in [0.5, 0.6) is 5.75 Å². The molecule has 8 heteroatoms. The Balaban J connectivity index is 1.96. The second kappa shape index (κ2) is 9.96. The molecule has 0 aromatic heterocycles. The molecule has 2 aromatic rings. The number of nitrogens with one attached hydrogen (secondary N) is 4. The minimum absolute atomic E-state index is 0.280. The fourth-order valence-electron chi connectivity index (χ4n) is 2.40. The highest BCUT2D eigenvalue weighted by atomic mass is 16.5. The van der Waals surface area contributed by atoms with Gasteiger partial charge in [-0.25, -0.2) is 4.79 Å². The molecule has 0 aliphatic carbocycles. The van der Waals surface area contributed by atoms with E-state index < -0.39 is 18.0 Å². The van der Waals surface area contributed by atoms with E-state index in [1.165, 1.54) is 7.11 Å². The standard InChI is InChI=1S/C20H24N4O4/c1-4-21-20(27)24-18(25)13(2)22-15-11-9-14(10-12-15)19(26)23-16-7-5-6-8-17(16)28-3/h5-13,22H,4H2,1-3H3,(H,23,26)(H2,21,24,25,27). The van der Waals surface area contributed by atoms with E-state index in [4.69, 9.17) is 4.74 Å². The molecule has 2 rings (SSSR count). The zero-order valence-electron chi connectivity index (χ0n) is 16.0. The number of urea groups is 1. The molecule has 8 nitrogen and oxygen atoms in total. The normalized spacial score (nSPS) is 11.1. The van der Waals surface area contributed by atoms with Crippen molar-refractivity contribution in [3.63, 3.8) is 0 Å². The zero-order valence-corrected chi connectivity index (χ0v) is 16.0. The highest BCUT2D eigenvalue weighted by Gasteiger charge is 2.15. The molecule has 1 atom stereocenters. The average Bonchev–Trinajstić information content (AvgIpc) is 2.69. The molecule has 4 N–H and O–H groups in total. The van der Waals surface area contributed by atoms with Gasteiger partial charge in [-0.3, -0.25) is 14.9 Å². The van der Waals surface area contributed by atoms with Crippen LogP contribution in [0.3, 0.4) is 0 Å². The van der Waals surface area contributed by atoms with Crippen molar-refractivity contribution < 1.29 is 19.1 Å². The molecule has 0 saturated heterocycles. The van der Waals surface area contributed by atoms with E-state index >= 15 is 0 Å². The van der Waals surface area contributed by atoms with Gasteiger partial charge in [0, 0.05) is 17.8 Å². The third-order valence-corrected chi connectivity index (χ3v) is 3.85. The first-order chi connectivity index (χ1) is 13.4. The van der Waals surface area contributed by atoms with Gasteiger partial charge < -0.3 is 20.7 Å². The fourth-order valence-corrected chi connectivity index (χ4v) is 2.40. The summed E-state index contributed by atoms with van der Waals surface area (Å²) in [6.45, 7) is 3.83. The van der Waals surface area contributed by atoms with Crippen molar-refractivity contribution in [2.45, 2.75) is 19.9 Å². The van der Waals surface area contributed by atoms with E-state index in [0.717, 1.165) is 0 Å². The first-order valence-electron chi connectivity index (χ1n) is 8.84. The lowest BCUT2D eigenvalue weighted by Gasteiger charge is -2.15. The minimum Gasteiger partial charge on any atom is -0.495 e. The summed E-state index contributed by atoms with van der Waals surface area (Å²) in [5.41, 5.74) is 1.68. The second-order valence-corrected chi connectivity index (χ2v) is 5.95. The van der Waals surface area contributed by atoms with E-state index in [-0.39, 0.29) is 5.91 Å². The van der Waals surface area contributed by atoms with Gasteiger partial charge in [0.15, 0.2) is 0 Å². The van der Waals surface area contributed by atoms with Gasteiger partial charge in [0.2, 0.25) is 5.91 Å². The van der Waals surface area contributed by atoms with Crippen LogP contribution in [-0.4, -0.2) is 37.5 Å². The Hall–Kier alpha value is -3.55. The molecular formula is C20H24N4O4. The SMILES string of the molecule is CCNC(=O)NC(=O)C(C)Nc1ccc(C(=O)Nc2ccccc2OC)cc1. The number of carbonyl (C=O) groups excluding carboxylic acids is 3. The van der Waals surface area contributed by atoms with Crippen LogP contribution >= 0.6 is 0 Å². The highest BCUT2D eigenvalue weighted by Crippen LogP contribution is 2.23. The molecule has 0 heterocycles. The van der Waals surface area contributed by atoms with Crippen LogP contribution < -0.4 is 26.0 Å². The largest absolute Gasteiger partial charge is 0.495 e. The van der Waals surface area contributed by atoms with Gasteiger partial charge in [-0.2, -0.15) is 0 Å². The van der Waals surface area contributed by atoms with Crippen LogP contribution in [0.15, 0.2) is 48.5 Å². The van der Waals surface area contributed by atoms with E-state index in [9.17, 15) is 14.4 Å². The van der Waals surface area contributed by atoms with Crippen molar-refractivity contribution >= 4 is 29.2 Å². The molecular weight excluding hydrogens is 360 g/mol. The number of methoxy groups -OCH3 is 1. The summed E-state index contributed by atoms with van der Waals surface area (Å²) in [6, 6.07) is 12.6. The maximum absolute atomic E-state index is 12.4. The predicted octanol–water partition coefficient (Wildman–Crippen LogP) is 2.59. The molecule has 0 bridgehead atoms. The number of amides is 4. The van der Waals surface area contributed by atoms with Gasteiger partial charge in [-0.1, -0.05) is 12.1 Å². The quantitative estimate of drug-likeness (QED) is 0.587. The van der Waals surface area contributed by atoms with E-state index in [2.05, 4.69) is 21.3 Å². The molecule has 0 fully saturated rings. The molecule has 0 spiro atoms. The number of rotatable bonds is 7. The number of hydrogen-bond acceptors (Lipinski definition) is 5. The Labute approximate surface area is 163 Å². The Morgan fingerprint density at radius 3 is 2.36 bits per heavy atom. The van der Waals surface area contributed by atoms with Crippen LogP contribution in [0.4, 0.5) is 16.2 Å². The number of hydrogen-bond donors (Lipinski definition) is 4. The lowest BCUT2D eigenvalue weighted by atomic mass is 10.1. The number of ether oxygens (including phenoxy) is 1. The van der Waals surface area contributed by atoms with Crippen LogP contribution in [0.25, 0.3) is 0 Å². The average molecular weight is 384 g/mol. The maximum Gasteiger partial charge on any atom is 0.321 e. The number of imide groups is 1. The summed E-state index contributed by atoms with van der Waals surface area (Å²) in [4.78, 5) is 35.8. The van der Waals surface area contributed by atoms with Gasteiger partial charge in [0.25, 0.3) is 5.91 Å². The van der Waals surface area contributed by atoms with Gasteiger partial charge >= 0.3 is 6.03 Å². The first-order valence-corrected chi connectivity index (χ1v) is 8.84. The molecule has 0 radical (unpaired) electrons. The summed E-state index contributed by atoms with van der Waals surface area (Å²) in [7, 11) is 1.54. The minimum atomic E-state index is -0.629. The third kappa shape index (κ3) is 5.73. The predicted molar refractivity (Wildman–Crippen MR) is 108 cm³/mol. The summed E-state index contributed by atoms with van der Waals surface area (Å²) < 4.78 is 5.22. The highest BCUT2D eigenvalue weighted by molar-refractivity contribution is 6.05. The molecule has 1 unspecified atom stereocenters. The Morgan fingerprint density at radius 2 is 1.71 bits per heavy atom. The van der Waals surface area contributed by atoms with Crippen LogP contribution in [-0.2, 0) is 4.79 Å². The number of carbonyl (C=O) groups is 3. The maximum atomic E-state index is 12.4. The van der Waals surface area contributed by atoms with Crippen molar-refractivity contribution in [1.82, 2.24) is 10.6 Å². The molecule has 2 aromatic carbocycles. The summed E-state index contributed by atoms with van der Waals surface area (Å²) >= 11 is 0. The second-order valence-electron chi connectivity index (χ2n) is 5.95. The summed E-state index contributed by atoms with van der Waals surface area (Å²) in [6.07, 6.45) is 0. The Morgan fingerprint density at radius 1 is 1.04 bits per heavy atom. The fraction of sp³-hybridized carbons (Fsp3) is 0.250. The first kappa shape index (κ1) is 20.8. The lowest BCUT2D eigenvalue weighted by Crippen LogP contribution is -2.45. The molecule has 148 valence electrons. The molecule has 28 heavy (non-hydrogen) atoms. The third-order valence-electron chi connectivity index (χ3n) is 3.85. The summed E-state index contributed by atoms with van der Waals surface area (Å²) in [5, 5.41) is 10.5.